The fourth-order valence-corrected chi connectivity index (χ4v) is 5.26. The quantitative estimate of drug-likeness (QED) is 0.589. The van der Waals surface area contributed by atoms with Crippen LogP contribution >= 0.6 is 0 Å². The Morgan fingerprint density at radius 2 is 2.14 bits per heavy atom. The standard InChI is InChI=1S/C23H35N5O6S/c1-17-13-27(18(2)15-29)23(30)9-6-10-28-19(12-24-25-28)16-34-22(17)14-26(3)35(31,32)21-8-5-7-20(11-21)33-4/h5,7-8,11-12,17-18,22,29H,6,9-10,13-16H2,1-4H3/t17-,18+,22+/m1/s1. The lowest BCUT2D eigenvalue weighted by Crippen LogP contribution is -2.47. The van der Waals surface area contributed by atoms with Crippen molar-refractivity contribution in [3.8, 4) is 5.75 Å². The Kier molecular flexibility index (Phi) is 9.22. The molecule has 12 heteroatoms. The van der Waals surface area contributed by atoms with E-state index in [-0.39, 0.29) is 42.5 Å². The number of aromatic nitrogens is 3. The molecule has 1 aromatic carbocycles. The normalized spacial score (nSPS) is 21.2. The Bertz CT molecular complexity index is 1090. The number of benzene rings is 1. The van der Waals surface area contributed by atoms with Gasteiger partial charge in [0.05, 0.1) is 49.3 Å². The van der Waals surface area contributed by atoms with Crippen molar-refractivity contribution in [1.29, 1.82) is 0 Å². The van der Waals surface area contributed by atoms with E-state index >= 15 is 0 Å². The van der Waals surface area contributed by atoms with Crippen LogP contribution in [0.25, 0.3) is 0 Å². The molecule has 0 saturated heterocycles. The van der Waals surface area contributed by atoms with Crippen LogP contribution in [-0.4, -0.2) is 89.6 Å². The van der Waals surface area contributed by atoms with E-state index in [4.69, 9.17) is 9.47 Å². The van der Waals surface area contributed by atoms with Crippen LogP contribution in [0.5, 0.6) is 5.75 Å². The molecule has 0 radical (unpaired) electrons. The number of amides is 1. The lowest BCUT2D eigenvalue weighted by molar-refractivity contribution is -0.136. The highest BCUT2D eigenvalue weighted by molar-refractivity contribution is 7.89. The van der Waals surface area contributed by atoms with E-state index in [1.807, 2.05) is 6.92 Å². The number of ether oxygens (including phenoxy) is 2. The number of likely N-dealkylation sites (N-methyl/N-ethyl adjacent to an activating group) is 1. The van der Waals surface area contributed by atoms with Crippen LogP contribution in [0.2, 0.25) is 0 Å². The summed E-state index contributed by atoms with van der Waals surface area (Å²) in [6.07, 6.45) is 1.98. The van der Waals surface area contributed by atoms with Crippen molar-refractivity contribution in [1.82, 2.24) is 24.2 Å². The number of sulfonamides is 1. The van der Waals surface area contributed by atoms with Crippen LogP contribution in [0.1, 0.15) is 32.4 Å². The van der Waals surface area contributed by atoms with Crippen molar-refractivity contribution in [2.75, 3.05) is 33.9 Å². The second-order valence-corrected chi connectivity index (χ2v) is 11.0. The van der Waals surface area contributed by atoms with Gasteiger partial charge in [-0.2, -0.15) is 4.31 Å². The average Bonchev–Trinajstić information content (AvgIpc) is 3.30. The van der Waals surface area contributed by atoms with Gasteiger partial charge >= 0.3 is 0 Å². The van der Waals surface area contributed by atoms with E-state index in [0.29, 0.717) is 31.7 Å². The molecule has 0 aliphatic carbocycles. The summed E-state index contributed by atoms with van der Waals surface area (Å²) in [5, 5.41) is 17.8. The molecule has 35 heavy (non-hydrogen) atoms. The number of nitrogens with zero attached hydrogens (tertiary/aromatic N) is 5. The zero-order valence-corrected chi connectivity index (χ0v) is 21.5. The van der Waals surface area contributed by atoms with Gasteiger partial charge in [0.25, 0.3) is 0 Å². The molecule has 3 rings (SSSR count). The lowest BCUT2D eigenvalue weighted by atomic mass is 10.0. The predicted molar refractivity (Wildman–Crippen MR) is 128 cm³/mol. The first-order valence-electron chi connectivity index (χ1n) is 11.7. The zero-order chi connectivity index (χ0) is 25.6. The van der Waals surface area contributed by atoms with E-state index in [1.165, 1.54) is 30.6 Å². The van der Waals surface area contributed by atoms with Gasteiger partial charge in [0, 0.05) is 45.1 Å². The smallest absolute Gasteiger partial charge is 0.243 e. The monoisotopic (exact) mass is 509 g/mol. The molecular formula is C23H35N5O6S. The summed E-state index contributed by atoms with van der Waals surface area (Å²) in [4.78, 5) is 14.7. The minimum Gasteiger partial charge on any atom is -0.497 e. The van der Waals surface area contributed by atoms with Crippen molar-refractivity contribution in [3.63, 3.8) is 0 Å². The topological polar surface area (TPSA) is 127 Å². The lowest BCUT2D eigenvalue weighted by Gasteiger charge is -2.35. The Morgan fingerprint density at radius 1 is 1.37 bits per heavy atom. The maximum atomic E-state index is 13.3. The van der Waals surface area contributed by atoms with E-state index < -0.39 is 16.1 Å². The molecule has 1 amide bonds. The number of carbonyl (C=O) groups is 1. The molecular weight excluding hydrogens is 474 g/mol. The summed E-state index contributed by atoms with van der Waals surface area (Å²) in [5.74, 6) is 0.152. The number of aryl methyl sites for hydroxylation is 1. The first kappa shape index (κ1) is 27.1. The molecule has 1 N–H and O–H groups in total. The van der Waals surface area contributed by atoms with Crippen molar-refractivity contribution >= 4 is 15.9 Å². The second-order valence-electron chi connectivity index (χ2n) is 8.92. The number of fused-ring (bicyclic) bond motifs is 1. The number of rotatable bonds is 7. The number of hydrogen-bond acceptors (Lipinski definition) is 8. The summed E-state index contributed by atoms with van der Waals surface area (Å²) >= 11 is 0. The van der Waals surface area contributed by atoms with Crippen LogP contribution in [0, 0.1) is 5.92 Å². The van der Waals surface area contributed by atoms with Crippen molar-refractivity contribution in [2.45, 2.75) is 56.9 Å². The molecule has 0 fully saturated rings. The van der Waals surface area contributed by atoms with Crippen molar-refractivity contribution < 1.29 is 27.8 Å². The molecule has 2 aromatic rings. The Labute approximate surface area is 206 Å². The van der Waals surface area contributed by atoms with Crippen LogP contribution in [-0.2, 0) is 32.7 Å². The Morgan fingerprint density at radius 3 is 2.86 bits per heavy atom. The Balaban J connectivity index is 1.87. The summed E-state index contributed by atoms with van der Waals surface area (Å²) in [7, 11) is -0.829. The average molecular weight is 510 g/mol. The molecule has 0 bridgehead atoms. The fourth-order valence-electron chi connectivity index (χ4n) is 4.04. The van der Waals surface area contributed by atoms with Gasteiger partial charge in [-0.05, 0) is 25.5 Å². The largest absolute Gasteiger partial charge is 0.497 e. The third kappa shape index (κ3) is 6.57. The molecule has 1 aromatic heterocycles. The maximum Gasteiger partial charge on any atom is 0.243 e. The van der Waals surface area contributed by atoms with Gasteiger partial charge in [-0.15, -0.1) is 5.10 Å². The van der Waals surface area contributed by atoms with Gasteiger partial charge in [-0.1, -0.05) is 18.2 Å². The molecule has 2 heterocycles. The van der Waals surface area contributed by atoms with Crippen LogP contribution < -0.4 is 4.74 Å². The van der Waals surface area contributed by atoms with E-state index in [2.05, 4.69) is 10.3 Å². The number of aliphatic hydroxyl groups is 1. The van der Waals surface area contributed by atoms with Gasteiger partial charge in [0.15, 0.2) is 0 Å². The first-order chi connectivity index (χ1) is 16.7. The third-order valence-electron chi connectivity index (χ3n) is 6.33. The molecule has 3 atom stereocenters. The first-order valence-corrected chi connectivity index (χ1v) is 13.1. The second kappa shape index (κ2) is 11.9. The van der Waals surface area contributed by atoms with Gasteiger partial charge < -0.3 is 19.5 Å². The molecule has 0 saturated carbocycles. The zero-order valence-electron chi connectivity index (χ0n) is 20.7. The highest BCUT2D eigenvalue weighted by Gasteiger charge is 2.31. The van der Waals surface area contributed by atoms with E-state index in [0.717, 1.165) is 5.69 Å². The van der Waals surface area contributed by atoms with Gasteiger partial charge in [-0.3, -0.25) is 4.79 Å². The minimum atomic E-state index is -3.82. The summed E-state index contributed by atoms with van der Waals surface area (Å²) < 4.78 is 40.9. The maximum absolute atomic E-state index is 13.3. The van der Waals surface area contributed by atoms with Crippen molar-refractivity contribution in [2.24, 2.45) is 5.92 Å². The summed E-state index contributed by atoms with van der Waals surface area (Å²) in [5.41, 5.74) is 0.758. The minimum absolute atomic E-state index is 0.0673. The van der Waals surface area contributed by atoms with Gasteiger partial charge in [0.2, 0.25) is 15.9 Å². The molecule has 194 valence electrons. The SMILES string of the molecule is COc1cccc(S(=O)(=O)N(C)C[C@@H]2OCc3cnnn3CCCC(=O)N([C@@H](C)CO)C[C@H]2C)c1. The van der Waals surface area contributed by atoms with Crippen LogP contribution in [0.15, 0.2) is 35.4 Å². The number of aliphatic hydroxyl groups excluding tert-OH is 1. The molecule has 1 aliphatic heterocycles. The summed E-state index contributed by atoms with van der Waals surface area (Å²) in [6.45, 7) is 4.66. The number of hydrogen-bond donors (Lipinski definition) is 1. The van der Waals surface area contributed by atoms with Crippen LogP contribution in [0.3, 0.4) is 0 Å². The molecule has 1 aliphatic rings. The summed E-state index contributed by atoms with van der Waals surface area (Å²) in [6, 6.07) is 5.94. The number of carbonyl (C=O) groups excluding carboxylic acids is 1. The molecule has 0 spiro atoms. The third-order valence-corrected chi connectivity index (χ3v) is 8.15. The van der Waals surface area contributed by atoms with Gasteiger partial charge in [-0.25, -0.2) is 13.1 Å². The molecule has 0 unspecified atom stereocenters. The number of methoxy groups -OCH3 is 1. The fraction of sp³-hybridized carbons (Fsp3) is 0.609. The van der Waals surface area contributed by atoms with E-state index in [1.54, 1.807) is 34.8 Å². The van der Waals surface area contributed by atoms with Crippen molar-refractivity contribution in [3.05, 3.63) is 36.2 Å². The predicted octanol–water partition coefficient (Wildman–Crippen LogP) is 1.13. The van der Waals surface area contributed by atoms with Gasteiger partial charge in [0.1, 0.15) is 5.75 Å². The van der Waals surface area contributed by atoms with E-state index in [9.17, 15) is 18.3 Å². The highest BCUT2D eigenvalue weighted by Crippen LogP contribution is 2.23. The van der Waals surface area contributed by atoms with Crippen LogP contribution in [0.4, 0.5) is 0 Å². The molecule has 11 nitrogen and oxygen atoms in total. The highest BCUT2D eigenvalue weighted by atomic mass is 32.2. The Hall–Kier alpha value is -2.54.